The van der Waals surface area contributed by atoms with Gasteiger partial charge in [0.25, 0.3) is 0 Å². The zero-order chi connectivity index (χ0) is 19.8. The first-order valence-electron chi connectivity index (χ1n) is 7.88. The van der Waals surface area contributed by atoms with E-state index in [1.165, 1.54) is 17.8 Å². The molecule has 1 aliphatic rings. The van der Waals surface area contributed by atoms with Crippen molar-refractivity contribution in [3.05, 3.63) is 51.7 Å². The summed E-state index contributed by atoms with van der Waals surface area (Å²) < 4.78 is 40.3. The Labute approximate surface area is 162 Å². The first-order valence-corrected chi connectivity index (χ1v) is 9.25. The first-order chi connectivity index (χ1) is 12.7. The van der Waals surface area contributed by atoms with Gasteiger partial charge in [-0.05, 0) is 30.0 Å². The number of allylic oxidation sites excluding steroid dienone is 5. The van der Waals surface area contributed by atoms with Crippen LogP contribution in [0.25, 0.3) is 11.2 Å². The molecule has 0 aliphatic heterocycles. The van der Waals surface area contributed by atoms with E-state index in [0.29, 0.717) is 27.2 Å². The molecule has 2 heterocycles. The molecular formula is C17H15ClF3N5S. The number of pyridine rings is 1. The van der Waals surface area contributed by atoms with Crippen molar-refractivity contribution in [2.45, 2.75) is 13.1 Å². The molecule has 10 heteroatoms. The van der Waals surface area contributed by atoms with Crippen LogP contribution in [0.3, 0.4) is 0 Å². The van der Waals surface area contributed by atoms with E-state index in [0.717, 1.165) is 18.0 Å². The molecule has 0 unspecified atom stereocenters. The topological polar surface area (TPSA) is 66.6 Å². The van der Waals surface area contributed by atoms with Crippen LogP contribution >= 0.6 is 23.4 Å². The van der Waals surface area contributed by atoms with Crippen molar-refractivity contribution in [1.29, 1.82) is 5.41 Å². The van der Waals surface area contributed by atoms with Crippen LogP contribution in [0.4, 0.5) is 19.1 Å². The molecule has 2 N–H and O–H groups in total. The van der Waals surface area contributed by atoms with Gasteiger partial charge in [-0.25, -0.2) is 9.97 Å². The summed E-state index contributed by atoms with van der Waals surface area (Å²) in [6.07, 6.45) is 1.24. The molecule has 5 nitrogen and oxygen atoms in total. The van der Waals surface area contributed by atoms with E-state index in [-0.39, 0.29) is 11.2 Å². The predicted molar refractivity (Wildman–Crippen MR) is 103 cm³/mol. The quantitative estimate of drug-likeness (QED) is 0.733. The van der Waals surface area contributed by atoms with Crippen LogP contribution in [0.2, 0.25) is 0 Å². The summed E-state index contributed by atoms with van der Waals surface area (Å²) in [7, 11) is 1.66. The Morgan fingerprint density at radius 1 is 1.37 bits per heavy atom. The standard InChI is InChI=1S/C17H15ClF3N5S/c1-3-27-15(11-5-4-10(18)7-12(11)22)25-16-24-13-6-9(17(19,20)21)8-23-14(13)26(16)2/h4-8,22H,3H2,1-2H3,(H,24,25)/b15-11+,22-12?. The highest BCUT2D eigenvalue weighted by atomic mass is 35.5. The van der Waals surface area contributed by atoms with Crippen molar-refractivity contribution < 1.29 is 13.2 Å². The van der Waals surface area contributed by atoms with Gasteiger partial charge in [0.15, 0.2) is 5.65 Å². The molecular weight excluding hydrogens is 399 g/mol. The number of alkyl halides is 3. The van der Waals surface area contributed by atoms with E-state index in [1.54, 1.807) is 23.8 Å². The summed E-state index contributed by atoms with van der Waals surface area (Å²) in [6.45, 7) is 1.96. The Morgan fingerprint density at radius 3 is 2.74 bits per heavy atom. The molecule has 1 aliphatic carbocycles. The maximum atomic E-state index is 12.9. The van der Waals surface area contributed by atoms with Gasteiger partial charge in [-0.15, -0.1) is 11.8 Å². The number of imidazole rings is 1. The average molecular weight is 414 g/mol. The maximum absolute atomic E-state index is 12.9. The molecule has 2 aromatic rings. The monoisotopic (exact) mass is 413 g/mol. The lowest BCUT2D eigenvalue weighted by atomic mass is 10.1. The highest BCUT2D eigenvalue weighted by Crippen LogP contribution is 2.32. The highest BCUT2D eigenvalue weighted by molar-refractivity contribution is 8.03. The third-order valence-corrected chi connectivity index (χ3v) is 4.91. The van der Waals surface area contributed by atoms with Gasteiger partial charge in [0.05, 0.1) is 16.3 Å². The molecule has 3 rings (SSSR count). The van der Waals surface area contributed by atoms with Crippen LogP contribution in [-0.2, 0) is 13.2 Å². The van der Waals surface area contributed by atoms with Crippen molar-refractivity contribution in [1.82, 2.24) is 14.5 Å². The van der Waals surface area contributed by atoms with Gasteiger partial charge in [-0.3, -0.25) is 4.57 Å². The van der Waals surface area contributed by atoms with Crippen LogP contribution in [0, 0.1) is 5.41 Å². The van der Waals surface area contributed by atoms with Crippen LogP contribution < -0.4 is 5.32 Å². The lowest BCUT2D eigenvalue weighted by molar-refractivity contribution is -0.137. The van der Waals surface area contributed by atoms with Crippen molar-refractivity contribution in [2.75, 3.05) is 11.1 Å². The van der Waals surface area contributed by atoms with E-state index in [9.17, 15) is 13.2 Å². The van der Waals surface area contributed by atoms with Gasteiger partial charge in [0.1, 0.15) is 5.52 Å². The molecule has 0 radical (unpaired) electrons. The minimum Gasteiger partial charge on any atom is -0.320 e. The van der Waals surface area contributed by atoms with Crippen LogP contribution in [0.1, 0.15) is 12.5 Å². The van der Waals surface area contributed by atoms with Crippen molar-refractivity contribution in [3.8, 4) is 0 Å². The minimum absolute atomic E-state index is 0.137. The molecule has 0 atom stereocenters. The SMILES string of the molecule is CCS/C(Nc1nc2cc(C(F)(F)F)cnc2n1C)=C1\C=CC(Cl)=CC1=N. The number of hydrogen-bond acceptors (Lipinski definition) is 5. The minimum atomic E-state index is -4.48. The van der Waals surface area contributed by atoms with Gasteiger partial charge in [0.2, 0.25) is 5.95 Å². The second-order valence-corrected chi connectivity index (χ2v) is 7.35. The normalized spacial score (nSPS) is 16.7. The smallest absolute Gasteiger partial charge is 0.320 e. The number of anilines is 1. The number of fused-ring (bicyclic) bond motifs is 1. The molecule has 0 fully saturated rings. The fourth-order valence-corrected chi connectivity index (χ4v) is 3.44. The van der Waals surface area contributed by atoms with Crippen LogP contribution in [-0.4, -0.2) is 26.0 Å². The lowest BCUT2D eigenvalue weighted by Crippen LogP contribution is -2.10. The van der Waals surface area contributed by atoms with Gasteiger partial charge >= 0.3 is 6.18 Å². The zero-order valence-corrected chi connectivity index (χ0v) is 15.9. The summed E-state index contributed by atoms with van der Waals surface area (Å²) in [4.78, 5) is 8.14. The summed E-state index contributed by atoms with van der Waals surface area (Å²) in [5.74, 6) is 1.06. The van der Waals surface area contributed by atoms with E-state index < -0.39 is 11.7 Å². The molecule has 27 heavy (non-hydrogen) atoms. The molecule has 142 valence electrons. The number of hydrogen-bond donors (Lipinski definition) is 2. The van der Waals surface area contributed by atoms with E-state index >= 15 is 0 Å². The van der Waals surface area contributed by atoms with Crippen molar-refractivity contribution in [3.63, 3.8) is 0 Å². The fourth-order valence-electron chi connectivity index (χ4n) is 2.48. The number of halogens is 4. The number of thioether (sulfide) groups is 1. The number of nitrogens with zero attached hydrogens (tertiary/aromatic N) is 3. The molecule has 2 aromatic heterocycles. The van der Waals surface area contributed by atoms with Gasteiger partial charge < -0.3 is 10.7 Å². The molecule has 0 aromatic carbocycles. The Hall–Kier alpha value is -2.26. The zero-order valence-electron chi connectivity index (χ0n) is 14.4. The summed E-state index contributed by atoms with van der Waals surface area (Å²) in [6, 6.07) is 0.971. The van der Waals surface area contributed by atoms with Crippen molar-refractivity contribution in [2.24, 2.45) is 7.05 Å². The number of aromatic nitrogens is 3. The van der Waals surface area contributed by atoms with E-state index in [1.807, 2.05) is 6.92 Å². The second kappa shape index (κ2) is 7.40. The maximum Gasteiger partial charge on any atom is 0.417 e. The summed E-state index contributed by atoms with van der Waals surface area (Å²) in [5, 5.41) is 12.4. The van der Waals surface area contributed by atoms with Gasteiger partial charge in [-0.2, -0.15) is 13.2 Å². The molecule has 0 spiro atoms. The number of aryl methyl sites for hydroxylation is 1. The highest BCUT2D eigenvalue weighted by Gasteiger charge is 2.31. The largest absolute Gasteiger partial charge is 0.417 e. The number of nitrogens with one attached hydrogen (secondary N) is 2. The van der Waals surface area contributed by atoms with Crippen molar-refractivity contribution >= 4 is 46.2 Å². The van der Waals surface area contributed by atoms with Gasteiger partial charge in [0, 0.05) is 23.8 Å². The van der Waals surface area contributed by atoms with Gasteiger partial charge in [-0.1, -0.05) is 18.5 Å². The van der Waals surface area contributed by atoms with E-state index in [2.05, 4.69) is 15.3 Å². The molecule has 0 saturated heterocycles. The third-order valence-electron chi connectivity index (χ3n) is 3.78. The Kier molecular flexibility index (Phi) is 5.34. The Morgan fingerprint density at radius 2 is 2.11 bits per heavy atom. The summed E-state index contributed by atoms with van der Waals surface area (Å²) >= 11 is 7.38. The molecule has 0 bridgehead atoms. The average Bonchev–Trinajstić information content (AvgIpc) is 2.89. The van der Waals surface area contributed by atoms with E-state index in [4.69, 9.17) is 17.0 Å². The van der Waals surface area contributed by atoms with Crippen LogP contribution in [0.5, 0.6) is 0 Å². The lowest BCUT2D eigenvalue weighted by Gasteiger charge is -2.15. The molecule has 0 amide bonds. The predicted octanol–water partition coefficient (Wildman–Crippen LogP) is 5.08. The first kappa shape index (κ1) is 19.5. The second-order valence-electron chi connectivity index (χ2n) is 5.64. The molecule has 0 saturated carbocycles. The number of rotatable bonds is 4. The summed E-state index contributed by atoms with van der Waals surface area (Å²) in [5.41, 5.74) is 0.480. The van der Waals surface area contributed by atoms with Crippen LogP contribution in [0.15, 0.2) is 46.1 Å². The Balaban J connectivity index is 2.02. The third kappa shape index (κ3) is 4.03. The Bertz CT molecular complexity index is 1000. The fraction of sp³-hybridized carbons (Fsp3) is 0.235.